The highest BCUT2D eigenvalue weighted by Crippen LogP contribution is 2.34. The molecule has 0 saturated heterocycles. The second-order valence-corrected chi connectivity index (χ2v) is 7.06. The maximum absolute atomic E-state index is 12.5. The van der Waals surface area contributed by atoms with Gasteiger partial charge in [0.2, 0.25) is 0 Å². The summed E-state index contributed by atoms with van der Waals surface area (Å²) in [4.78, 5) is 16.6. The maximum atomic E-state index is 12.5. The molecule has 1 saturated carbocycles. The topological polar surface area (TPSA) is 40.5 Å². The molecule has 2 heterocycles. The first-order chi connectivity index (χ1) is 8.79. The molecule has 1 fully saturated rings. The first-order valence-corrected chi connectivity index (χ1v) is 8.38. The maximum Gasteiger partial charge on any atom is 0.264 e. The summed E-state index contributed by atoms with van der Waals surface area (Å²) >= 11 is 3.60. The third-order valence-corrected chi connectivity index (χ3v) is 5.66. The highest BCUT2D eigenvalue weighted by molar-refractivity contribution is 7.98. The number of hydrogen-bond donors (Lipinski definition) is 1. The van der Waals surface area contributed by atoms with E-state index in [9.17, 15) is 4.79 Å². The first-order valence-electron chi connectivity index (χ1n) is 6.40. The van der Waals surface area contributed by atoms with Crippen molar-refractivity contribution in [2.45, 2.75) is 31.1 Å². The Morgan fingerprint density at radius 1 is 1.50 bits per heavy atom. The van der Waals surface area contributed by atoms with Crippen LogP contribution in [-0.2, 0) is 12.2 Å². The summed E-state index contributed by atoms with van der Waals surface area (Å²) in [6, 6.07) is 2.44. The normalized spacial score (nSPS) is 18.5. The van der Waals surface area contributed by atoms with Gasteiger partial charge in [0.25, 0.3) is 5.91 Å². The van der Waals surface area contributed by atoms with Gasteiger partial charge in [0.15, 0.2) is 0 Å². The van der Waals surface area contributed by atoms with Crippen LogP contribution in [0.25, 0.3) is 0 Å². The van der Waals surface area contributed by atoms with E-state index in [1.807, 2.05) is 16.7 Å². The molecule has 0 unspecified atom stereocenters. The molecule has 3 rings (SSSR count). The van der Waals surface area contributed by atoms with Gasteiger partial charge in [-0.25, -0.2) is 0 Å². The Morgan fingerprint density at radius 2 is 2.33 bits per heavy atom. The molecule has 1 amide bonds. The van der Waals surface area contributed by atoms with Gasteiger partial charge in [-0.15, -0.1) is 11.3 Å². The lowest BCUT2D eigenvalue weighted by Crippen LogP contribution is -2.35. The van der Waals surface area contributed by atoms with Gasteiger partial charge in [0.05, 0.1) is 11.5 Å². The van der Waals surface area contributed by atoms with Crippen molar-refractivity contribution in [2.75, 3.05) is 18.9 Å². The number of thiophene rings is 1. The van der Waals surface area contributed by atoms with Crippen molar-refractivity contribution in [1.29, 1.82) is 0 Å². The molecule has 1 N–H and O–H groups in total. The number of aryl methyl sites for hydroxylation is 1. The number of aliphatic hydroxyl groups excluding tert-OH is 1. The zero-order valence-corrected chi connectivity index (χ0v) is 11.9. The third-order valence-electron chi connectivity index (χ3n) is 3.43. The molecule has 3 nitrogen and oxygen atoms in total. The molecule has 2 aliphatic rings. The summed E-state index contributed by atoms with van der Waals surface area (Å²) in [6.07, 6.45) is 3.28. The first kappa shape index (κ1) is 12.5. The van der Waals surface area contributed by atoms with Gasteiger partial charge in [-0.3, -0.25) is 4.79 Å². The Bertz CT molecular complexity index is 430. The van der Waals surface area contributed by atoms with Crippen molar-refractivity contribution in [3.63, 3.8) is 0 Å². The quantitative estimate of drug-likeness (QED) is 0.920. The number of rotatable bonds is 4. The van der Waals surface area contributed by atoms with E-state index >= 15 is 0 Å². The molecular weight excluding hydrogens is 266 g/mol. The summed E-state index contributed by atoms with van der Waals surface area (Å²) < 4.78 is 0. The Labute approximate surface area is 115 Å². The van der Waals surface area contributed by atoms with Crippen molar-refractivity contribution in [3.8, 4) is 0 Å². The Hall–Kier alpha value is -0.520. The fraction of sp³-hybridized carbons (Fsp3) is 0.615. The monoisotopic (exact) mass is 283 g/mol. The van der Waals surface area contributed by atoms with Gasteiger partial charge in [-0.05, 0) is 36.6 Å². The lowest BCUT2D eigenvalue weighted by molar-refractivity contribution is 0.0712. The zero-order valence-electron chi connectivity index (χ0n) is 10.2. The summed E-state index contributed by atoms with van der Waals surface area (Å²) in [5.41, 5.74) is 1.35. The molecule has 1 aromatic heterocycles. The molecule has 5 heteroatoms. The molecule has 0 aromatic carbocycles. The lowest BCUT2D eigenvalue weighted by Gasteiger charge is -2.20. The van der Waals surface area contributed by atoms with Crippen LogP contribution in [-0.4, -0.2) is 40.9 Å². The van der Waals surface area contributed by atoms with Gasteiger partial charge in [0, 0.05) is 23.2 Å². The molecule has 0 radical (unpaired) electrons. The van der Waals surface area contributed by atoms with Crippen LogP contribution in [0, 0.1) is 0 Å². The van der Waals surface area contributed by atoms with Crippen LogP contribution >= 0.6 is 23.1 Å². The minimum absolute atomic E-state index is 0.0587. The van der Waals surface area contributed by atoms with Gasteiger partial charge >= 0.3 is 0 Å². The number of aliphatic hydroxyl groups is 1. The van der Waals surface area contributed by atoms with Crippen LogP contribution in [0.3, 0.4) is 0 Å². The Balaban J connectivity index is 1.80. The molecule has 1 aliphatic heterocycles. The van der Waals surface area contributed by atoms with Crippen LogP contribution < -0.4 is 0 Å². The average molecular weight is 283 g/mol. The van der Waals surface area contributed by atoms with E-state index < -0.39 is 0 Å². The van der Waals surface area contributed by atoms with Crippen LogP contribution in [0.2, 0.25) is 0 Å². The van der Waals surface area contributed by atoms with Crippen molar-refractivity contribution in [3.05, 3.63) is 21.4 Å². The Kier molecular flexibility index (Phi) is 3.63. The summed E-state index contributed by atoms with van der Waals surface area (Å²) in [5, 5.41) is 9.08. The SMILES string of the molecule is O=C(c1cc2c(s1)CCSC2)N(CCO)C1CC1. The largest absolute Gasteiger partial charge is 0.395 e. The van der Waals surface area contributed by atoms with Crippen molar-refractivity contribution in [1.82, 2.24) is 4.90 Å². The number of hydrogen-bond acceptors (Lipinski definition) is 4. The summed E-state index contributed by atoms with van der Waals surface area (Å²) in [6.45, 7) is 0.532. The predicted molar refractivity (Wildman–Crippen MR) is 75.3 cm³/mol. The number of amides is 1. The van der Waals surface area contributed by atoms with E-state index in [0.29, 0.717) is 12.6 Å². The molecule has 0 atom stereocenters. The van der Waals surface area contributed by atoms with Gasteiger partial charge in [0.1, 0.15) is 0 Å². The van der Waals surface area contributed by atoms with E-state index in [0.717, 1.165) is 29.9 Å². The van der Waals surface area contributed by atoms with Crippen molar-refractivity contribution >= 4 is 29.0 Å². The molecule has 0 spiro atoms. The standard InChI is InChI=1S/C13H17NO2S2/c15-5-4-14(10-1-2-10)13(16)12-7-9-8-17-6-3-11(9)18-12/h7,10,15H,1-6,8H2. The van der Waals surface area contributed by atoms with Crippen molar-refractivity contribution < 1.29 is 9.90 Å². The second kappa shape index (κ2) is 5.23. The van der Waals surface area contributed by atoms with Crippen molar-refractivity contribution in [2.24, 2.45) is 0 Å². The lowest BCUT2D eigenvalue weighted by atomic mass is 10.2. The molecule has 1 aromatic rings. The van der Waals surface area contributed by atoms with Crippen LogP contribution in [0.1, 0.15) is 33.0 Å². The van der Waals surface area contributed by atoms with Gasteiger partial charge in [-0.2, -0.15) is 11.8 Å². The number of carbonyl (C=O) groups excluding carboxylic acids is 1. The zero-order chi connectivity index (χ0) is 12.5. The van der Waals surface area contributed by atoms with Crippen LogP contribution in [0.5, 0.6) is 0 Å². The molecule has 1 aliphatic carbocycles. The fourth-order valence-electron chi connectivity index (χ4n) is 2.34. The highest BCUT2D eigenvalue weighted by Gasteiger charge is 2.33. The van der Waals surface area contributed by atoms with Crippen LogP contribution in [0.15, 0.2) is 6.07 Å². The fourth-order valence-corrected chi connectivity index (χ4v) is 4.67. The summed E-state index contributed by atoms with van der Waals surface area (Å²) in [5.74, 6) is 2.34. The molecule has 18 heavy (non-hydrogen) atoms. The van der Waals surface area contributed by atoms with Crippen LogP contribution in [0.4, 0.5) is 0 Å². The number of nitrogens with zero attached hydrogens (tertiary/aromatic N) is 1. The van der Waals surface area contributed by atoms with E-state index in [4.69, 9.17) is 5.11 Å². The number of thioether (sulfide) groups is 1. The molecular formula is C13H17NO2S2. The van der Waals surface area contributed by atoms with Gasteiger partial charge < -0.3 is 10.0 Å². The number of carbonyl (C=O) groups is 1. The smallest absolute Gasteiger partial charge is 0.264 e. The average Bonchev–Trinajstić information content (AvgIpc) is 3.13. The third kappa shape index (κ3) is 2.44. The summed E-state index contributed by atoms with van der Waals surface area (Å²) in [7, 11) is 0. The van der Waals surface area contributed by atoms with E-state index in [2.05, 4.69) is 6.07 Å². The second-order valence-electron chi connectivity index (χ2n) is 4.81. The number of fused-ring (bicyclic) bond motifs is 1. The molecule has 98 valence electrons. The Morgan fingerprint density at radius 3 is 3.00 bits per heavy atom. The predicted octanol–water partition coefficient (Wildman–Crippen LogP) is 2.13. The highest BCUT2D eigenvalue weighted by atomic mass is 32.2. The molecule has 0 bridgehead atoms. The minimum atomic E-state index is 0.0587. The van der Waals surface area contributed by atoms with E-state index in [-0.39, 0.29) is 12.5 Å². The minimum Gasteiger partial charge on any atom is -0.395 e. The van der Waals surface area contributed by atoms with E-state index in [1.165, 1.54) is 16.2 Å². The van der Waals surface area contributed by atoms with E-state index in [1.54, 1.807) is 11.3 Å². The van der Waals surface area contributed by atoms with Gasteiger partial charge in [-0.1, -0.05) is 0 Å².